The van der Waals surface area contributed by atoms with Gasteiger partial charge in [-0.2, -0.15) is 0 Å². The molecule has 1 aromatic rings. The van der Waals surface area contributed by atoms with E-state index in [1.54, 1.807) is 25.1 Å². The first-order valence-corrected chi connectivity index (χ1v) is 10.2. The number of rotatable bonds is 8. The summed E-state index contributed by atoms with van der Waals surface area (Å²) in [7, 11) is 0. The Kier molecular flexibility index (Phi) is 7.94. The van der Waals surface area contributed by atoms with Gasteiger partial charge >= 0.3 is 0 Å². The molecular weight excluding hydrogens is 382 g/mol. The summed E-state index contributed by atoms with van der Waals surface area (Å²) in [6, 6.07) is 5.20. The highest BCUT2D eigenvalue weighted by Gasteiger charge is 2.17. The molecule has 5 heteroatoms. The zero-order chi connectivity index (χ0) is 18.2. The molecule has 0 aliphatic heterocycles. The van der Waals surface area contributed by atoms with Crippen molar-refractivity contribution < 1.29 is 14.3 Å². The van der Waals surface area contributed by atoms with Gasteiger partial charge in [0.15, 0.2) is 5.78 Å². The molecule has 0 aromatic heterocycles. The van der Waals surface area contributed by atoms with Crippen LogP contribution >= 0.6 is 15.9 Å². The number of ketones is 1. The molecule has 1 unspecified atom stereocenters. The number of carbonyl (C=O) groups excluding carboxylic acids is 2. The number of hydrogen-bond acceptors (Lipinski definition) is 3. The van der Waals surface area contributed by atoms with Crippen LogP contribution in [0.2, 0.25) is 0 Å². The minimum absolute atomic E-state index is 0.00359. The number of alkyl halides is 1. The van der Waals surface area contributed by atoms with Crippen molar-refractivity contribution in [2.45, 2.75) is 63.6 Å². The van der Waals surface area contributed by atoms with Crippen LogP contribution in [-0.4, -0.2) is 23.1 Å². The van der Waals surface area contributed by atoms with Crippen LogP contribution < -0.4 is 10.1 Å². The maximum absolute atomic E-state index is 12.3. The zero-order valence-corrected chi connectivity index (χ0v) is 16.7. The van der Waals surface area contributed by atoms with Gasteiger partial charge in [0.25, 0.3) is 0 Å². The second-order valence-corrected chi connectivity index (χ2v) is 8.09. The van der Waals surface area contributed by atoms with E-state index in [4.69, 9.17) is 4.74 Å². The van der Waals surface area contributed by atoms with E-state index in [0.29, 0.717) is 35.9 Å². The molecule has 0 heterocycles. The van der Waals surface area contributed by atoms with Gasteiger partial charge in [-0.15, -0.1) is 0 Å². The standard InChI is InChI=1S/C20H28BrNO3/c1-3-25-18-13-16(20(24)14(2)21)10-11-17(18)22-19(23)12-9-15-7-5-4-6-8-15/h10-11,13-15H,3-9,12H2,1-2H3,(H,22,23). The molecule has 4 nitrogen and oxygen atoms in total. The molecule has 1 atom stereocenters. The third kappa shape index (κ3) is 6.14. The highest BCUT2D eigenvalue weighted by Crippen LogP contribution is 2.29. The number of halogens is 1. The van der Waals surface area contributed by atoms with Crippen LogP contribution in [0.5, 0.6) is 5.75 Å². The van der Waals surface area contributed by atoms with Gasteiger partial charge in [0.05, 0.1) is 17.1 Å². The number of benzene rings is 1. The van der Waals surface area contributed by atoms with E-state index < -0.39 is 0 Å². The second kappa shape index (κ2) is 9.95. The molecule has 1 N–H and O–H groups in total. The van der Waals surface area contributed by atoms with Gasteiger partial charge in [-0.1, -0.05) is 48.0 Å². The second-order valence-electron chi connectivity index (χ2n) is 6.72. The molecule has 1 saturated carbocycles. The average Bonchev–Trinajstić information content (AvgIpc) is 2.62. The van der Waals surface area contributed by atoms with Gasteiger partial charge in [0.2, 0.25) is 5.91 Å². The van der Waals surface area contributed by atoms with Crippen molar-refractivity contribution in [1.29, 1.82) is 0 Å². The summed E-state index contributed by atoms with van der Waals surface area (Å²) in [5, 5.41) is 2.94. The predicted octanol–water partition coefficient (Wildman–Crippen LogP) is 5.35. The maximum Gasteiger partial charge on any atom is 0.224 e. The quantitative estimate of drug-likeness (QED) is 0.464. The molecule has 25 heavy (non-hydrogen) atoms. The van der Waals surface area contributed by atoms with Crippen molar-refractivity contribution in [2.75, 3.05) is 11.9 Å². The van der Waals surface area contributed by atoms with E-state index in [1.165, 1.54) is 32.1 Å². The molecule has 0 radical (unpaired) electrons. The van der Waals surface area contributed by atoms with Crippen molar-refractivity contribution in [3.63, 3.8) is 0 Å². The Morgan fingerprint density at radius 3 is 2.64 bits per heavy atom. The van der Waals surface area contributed by atoms with Gasteiger partial charge < -0.3 is 10.1 Å². The van der Waals surface area contributed by atoms with Crippen molar-refractivity contribution >= 4 is 33.3 Å². The molecule has 0 bridgehead atoms. The number of carbonyl (C=O) groups is 2. The smallest absolute Gasteiger partial charge is 0.224 e. The Morgan fingerprint density at radius 2 is 2.00 bits per heavy atom. The number of Topliss-reactive ketones (excluding diaryl/α,β-unsaturated/α-hetero) is 1. The average molecular weight is 410 g/mol. The number of hydrogen-bond donors (Lipinski definition) is 1. The summed E-state index contributed by atoms with van der Waals surface area (Å²) in [6.45, 7) is 4.16. The molecule has 1 fully saturated rings. The van der Waals surface area contributed by atoms with E-state index in [2.05, 4.69) is 21.2 Å². The Morgan fingerprint density at radius 1 is 1.28 bits per heavy atom. The molecule has 2 rings (SSSR count). The Hall–Kier alpha value is -1.36. The van der Waals surface area contributed by atoms with Gasteiger partial charge in [-0.3, -0.25) is 9.59 Å². The fourth-order valence-electron chi connectivity index (χ4n) is 3.31. The normalized spacial score (nSPS) is 16.3. The lowest BCUT2D eigenvalue weighted by Crippen LogP contribution is -2.16. The van der Waals surface area contributed by atoms with E-state index in [9.17, 15) is 9.59 Å². The largest absolute Gasteiger partial charge is 0.492 e. The molecule has 1 aromatic carbocycles. The first-order valence-electron chi connectivity index (χ1n) is 9.26. The van der Waals surface area contributed by atoms with Crippen LogP contribution in [-0.2, 0) is 4.79 Å². The van der Waals surface area contributed by atoms with E-state index >= 15 is 0 Å². The molecule has 0 saturated heterocycles. The lowest BCUT2D eigenvalue weighted by Gasteiger charge is -2.21. The minimum Gasteiger partial charge on any atom is -0.492 e. The molecule has 1 aliphatic rings. The lowest BCUT2D eigenvalue weighted by atomic mass is 9.86. The van der Waals surface area contributed by atoms with Gasteiger partial charge in [-0.25, -0.2) is 0 Å². The third-order valence-corrected chi connectivity index (χ3v) is 5.12. The Labute approximate surface area is 158 Å². The predicted molar refractivity (Wildman–Crippen MR) is 105 cm³/mol. The van der Waals surface area contributed by atoms with E-state index in [0.717, 1.165) is 6.42 Å². The first kappa shape index (κ1) is 20.0. The fourth-order valence-corrected chi connectivity index (χ4v) is 3.57. The SMILES string of the molecule is CCOc1cc(C(=O)C(C)Br)ccc1NC(=O)CCC1CCCCC1. The van der Waals surface area contributed by atoms with Crippen LogP contribution in [0.25, 0.3) is 0 Å². The monoisotopic (exact) mass is 409 g/mol. The summed E-state index contributed by atoms with van der Waals surface area (Å²) >= 11 is 3.30. The highest BCUT2D eigenvalue weighted by molar-refractivity contribution is 9.10. The van der Waals surface area contributed by atoms with Crippen LogP contribution in [0, 0.1) is 5.92 Å². The van der Waals surface area contributed by atoms with E-state index in [1.807, 2.05) is 6.92 Å². The van der Waals surface area contributed by atoms with E-state index in [-0.39, 0.29) is 16.5 Å². The lowest BCUT2D eigenvalue weighted by molar-refractivity contribution is -0.116. The van der Waals surface area contributed by atoms with Crippen LogP contribution in [0.3, 0.4) is 0 Å². The maximum atomic E-state index is 12.3. The summed E-state index contributed by atoms with van der Waals surface area (Å²) in [5.41, 5.74) is 1.21. The van der Waals surface area contributed by atoms with Crippen molar-refractivity contribution in [3.8, 4) is 5.75 Å². The number of nitrogens with one attached hydrogen (secondary N) is 1. The highest BCUT2D eigenvalue weighted by atomic mass is 79.9. The van der Waals surface area contributed by atoms with Crippen LogP contribution in [0.15, 0.2) is 18.2 Å². The summed E-state index contributed by atoms with van der Waals surface area (Å²) in [5.74, 6) is 1.24. The van der Waals surface area contributed by atoms with Gasteiger partial charge in [-0.05, 0) is 44.4 Å². The fraction of sp³-hybridized carbons (Fsp3) is 0.600. The third-order valence-electron chi connectivity index (χ3n) is 4.71. The summed E-state index contributed by atoms with van der Waals surface area (Å²) in [6.07, 6.45) is 7.91. The number of ether oxygens (including phenoxy) is 1. The Balaban J connectivity index is 1.99. The van der Waals surface area contributed by atoms with Crippen molar-refractivity contribution in [1.82, 2.24) is 0 Å². The van der Waals surface area contributed by atoms with Crippen LogP contribution in [0.4, 0.5) is 5.69 Å². The molecule has 0 spiro atoms. The molecule has 138 valence electrons. The summed E-state index contributed by atoms with van der Waals surface area (Å²) < 4.78 is 5.62. The molecule has 1 amide bonds. The van der Waals surface area contributed by atoms with Crippen molar-refractivity contribution in [2.24, 2.45) is 5.92 Å². The van der Waals surface area contributed by atoms with Crippen LogP contribution in [0.1, 0.15) is 69.2 Å². The first-order chi connectivity index (χ1) is 12.0. The van der Waals surface area contributed by atoms with Crippen molar-refractivity contribution in [3.05, 3.63) is 23.8 Å². The van der Waals surface area contributed by atoms with Gasteiger partial charge in [0, 0.05) is 12.0 Å². The molecule has 1 aliphatic carbocycles. The molecular formula is C20H28BrNO3. The number of amides is 1. The zero-order valence-electron chi connectivity index (χ0n) is 15.1. The minimum atomic E-state index is -0.252. The Bertz CT molecular complexity index is 595. The van der Waals surface area contributed by atoms with Gasteiger partial charge in [0.1, 0.15) is 5.75 Å². The topological polar surface area (TPSA) is 55.4 Å². The summed E-state index contributed by atoms with van der Waals surface area (Å²) in [4.78, 5) is 24.2. The number of anilines is 1.